The number of halogens is 3. The number of fused-ring (bicyclic) bond motifs is 2. The Balaban J connectivity index is 0.000000224. The predicted molar refractivity (Wildman–Crippen MR) is 86.3 cm³/mol. The van der Waals surface area contributed by atoms with Crippen LogP contribution in [0.4, 0.5) is 13.2 Å². The summed E-state index contributed by atoms with van der Waals surface area (Å²) in [6, 6.07) is 0. The van der Waals surface area contributed by atoms with Gasteiger partial charge in [0, 0.05) is 5.92 Å². The van der Waals surface area contributed by atoms with Crippen LogP contribution in [0.5, 0.6) is 0 Å². The molecule has 0 aromatic carbocycles. The molecular weight excluding hydrogens is 365 g/mol. The van der Waals surface area contributed by atoms with Crippen LogP contribution in [0.15, 0.2) is 0 Å². The van der Waals surface area contributed by atoms with Gasteiger partial charge in [-0.3, -0.25) is 9.35 Å². The van der Waals surface area contributed by atoms with Gasteiger partial charge in [-0.15, -0.1) is 0 Å². The average molecular weight is 388 g/mol. The highest BCUT2D eigenvalue weighted by Crippen LogP contribution is 2.54. The standard InChI is InChI=1S/C14H22OS.CHF3O3S/c1-14(16)6-2-3-11(13(14)15)12-8-9-4-5-10(12)7-9;2-1(3,4)8(5,6)7/h9-12,16H,2-8H2,1H3;(H,5,6,7). The summed E-state index contributed by atoms with van der Waals surface area (Å²) >= 11 is 4.59. The molecule has 140 valence electrons. The molecule has 5 unspecified atom stereocenters. The molecule has 0 spiro atoms. The van der Waals surface area contributed by atoms with Gasteiger partial charge in [0.15, 0.2) is 5.78 Å². The Morgan fingerprint density at radius 3 is 2.21 bits per heavy atom. The minimum Gasteiger partial charge on any atom is -0.298 e. The smallest absolute Gasteiger partial charge is 0.298 e. The van der Waals surface area contributed by atoms with Crippen molar-refractivity contribution in [2.75, 3.05) is 0 Å². The summed E-state index contributed by atoms with van der Waals surface area (Å²) in [4.78, 5) is 12.4. The third kappa shape index (κ3) is 4.27. The maximum atomic E-state index is 12.4. The van der Waals surface area contributed by atoms with E-state index in [4.69, 9.17) is 13.0 Å². The molecule has 3 aliphatic carbocycles. The Kier molecular flexibility index (Phi) is 5.67. The molecule has 0 aromatic heterocycles. The third-order valence-electron chi connectivity index (χ3n) is 5.65. The van der Waals surface area contributed by atoms with Gasteiger partial charge in [0.05, 0.1) is 4.75 Å². The zero-order valence-electron chi connectivity index (χ0n) is 13.4. The Hall–Kier alpha value is -0.280. The molecule has 0 aliphatic heterocycles. The summed E-state index contributed by atoms with van der Waals surface area (Å²) in [6.45, 7) is 2.03. The second kappa shape index (κ2) is 6.79. The van der Waals surface area contributed by atoms with Crippen LogP contribution in [0.2, 0.25) is 0 Å². The van der Waals surface area contributed by atoms with Gasteiger partial charge in [-0.2, -0.15) is 34.2 Å². The monoisotopic (exact) mass is 388 g/mol. The number of hydrogen-bond acceptors (Lipinski definition) is 4. The van der Waals surface area contributed by atoms with Gasteiger partial charge in [0.25, 0.3) is 0 Å². The highest BCUT2D eigenvalue weighted by atomic mass is 32.2. The fraction of sp³-hybridized carbons (Fsp3) is 0.933. The summed E-state index contributed by atoms with van der Waals surface area (Å²) in [5.41, 5.74) is -5.53. The summed E-state index contributed by atoms with van der Waals surface area (Å²) < 4.78 is 57.2. The lowest BCUT2D eigenvalue weighted by atomic mass is 9.69. The van der Waals surface area contributed by atoms with Crippen molar-refractivity contribution in [2.24, 2.45) is 23.7 Å². The van der Waals surface area contributed by atoms with E-state index in [1.807, 2.05) is 6.92 Å². The van der Waals surface area contributed by atoms with Gasteiger partial charge in [0.1, 0.15) is 0 Å². The largest absolute Gasteiger partial charge is 0.522 e. The third-order valence-corrected chi connectivity index (χ3v) is 6.68. The lowest BCUT2D eigenvalue weighted by Crippen LogP contribution is -2.43. The van der Waals surface area contributed by atoms with Crippen molar-refractivity contribution in [2.45, 2.75) is 62.1 Å². The number of carbonyl (C=O) groups excluding carboxylic acids is 1. The first-order valence-electron chi connectivity index (χ1n) is 8.13. The Labute approximate surface area is 145 Å². The second-order valence-corrected chi connectivity index (χ2v) is 9.80. The summed E-state index contributed by atoms with van der Waals surface area (Å²) in [7, 11) is -5.84. The highest BCUT2D eigenvalue weighted by Gasteiger charge is 2.49. The molecule has 3 fully saturated rings. The number of alkyl halides is 3. The van der Waals surface area contributed by atoms with E-state index in [2.05, 4.69) is 12.6 Å². The lowest BCUT2D eigenvalue weighted by Gasteiger charge is -2.38. The van der Waals surface area contributed by atoms with Crippen molar-refractivity contribution in [3.8, 4) is 0 Å². The fourth-order valence-electron chi connectivity index (χ4n) is 4.52. The predicted octanol–water partition coefficient (Wildman–Crippen LogP) is 3.87. The molecule has 0 amide bonds. The molecule has 1 N–H and O–H groups in total. The quantitative estimate of drug-likeness (QED) is 0.406. The molecule has 3 aliphatic rings. The van der Waals surface area contributed by atoms with E-state index in [-0.39, 0.29) is 4.75 Å². The first-order chi connectivity index (χ1) is 10.8. The van der Waals surface area contributed by atoms with Gasteiger partial charge in [-0.05, 0) is 56.8 Å². The Morgan fingerprint density at radius 2 is 1.79 bits per heavy atom. The molecule has 5 atom stereocenters. The van der Waals surface area contributed by atoms with E-state index in [0.29, 0.717) is 11.7 Å². The maximum absolute atomic E-state index is 12.4. The number of carbonyl (C=O) groups is 1. The maximum Gasteiger partial charge on any atom is 0.522 e. The van der Waals surface area contributed by atoms with E-state index in [9.17, 15) is 18.0 Å². The van der Waals surface area contributed by atoms with Crippen LogP contribution in [-0.4, -0.2) is 29.0 Å². The minimum atomic E-state index is -5.84. The van der Waals surface area contributed by atoms with Crippen molar-refractivity contribution in [1.82, 2.24) is 0 Å². The van der Waals surface area contributed by atoms with Gasteiger partial charge in [0.2, 0.25) is 0 Å². The summed E-state index contributed by atoms with van der Waals surface area (Å²) in [5, 5.41) is 0. The second-order valence-electron chi connectivity index (χ2n) is 7.40. The molecule has 24 heavy (non-hydrogen) atoms. The first kappa shape index (κ1) is 20.0. The van der Waals surface area contributed by atoms with Crippen LogP contribution in [0.1, 0.15) is 51.9 Å². The molecule has 0 heterocycles. The molecule has 3 saturated carbocycles. The average Bonchev–Trinajstić information content (AvgIpc) is 3.02. The lowest BCUT2D eigenvalue weighted by molar-refractivity contribution is -0.129. The number of ketones is 1. The van der Waals surface area contributed by atoms with Crippen molar-refractivity contribution < 1.29 is 30.9 Å². The zero-order valence-corrected chi connectivity index (χ0v) is 15.1. The van der Waals surface area contributed by atoms with E-state index in [0.717, 1.165) is 30.6 Å². The summed E-state index contributed by atoms with van der Waals surface area (Å²) in [6.07, 6.45) is 8.89. The number of rotatable bonds is 1. The minimum absolute atomic E-state index is 0.329. The number of Topliss-reactive ketones (excluding diaryl/α,β-unsaturated/α-hetero) is 1. The molecule has 9 heteroatoms. The van der Waals surface area contributed by atoms with E-state index in [1.165, 1.54) is 32.1 Å². The summed E-state index contributed by atoms with van der Waals surface area (Å²) in [5.74, 6) is 3.36. The first-order valence-corrected chi connectivity index (χ1v) is 10.0. The van der Waals surface area contributed by atoms with E-state index < -0.39 is 15.6 Å². The Morgan fingerprint density at radius 1 is 1.21 bits per heavy atom. The molecule has 2 bridgehead atoms. The molecule has 0 saturated heterocycles. The van der Waals surface area contributed by atoms with Gasteiger partial charge >= 0.3 is 15.6 Å². The highest BCUT2D eigenvalue weighted by molar-refractivity contribution is 7.86. The van der Waals surface area contributed by atoms with E-state index in [1.54, 1.807) is 0 Å². The zero-order chi connectivity index (χ0) is 18.3. The van der Waals surface area contributed by atoms with Crippen LogP contribution in [0, 0.1) is 23.7 Å². The van der Waals surface area contributed by atoms with Crippen LogP contribution in [-0.2, 0) is 14.9 Å². The van der Waals surface area contributed by atoms with Gasteiger partial charge in [-0.1, -0.05) is 12.8 Å². The molecule has 0 aromatic rings. The van der Waals surface area contributed by atoms with Crippen LogP contribution in [0.3, 0.4) is 0 Å². The van der Waals surface area contributed by atoms with Crippen molar-refractivity contribution in [3.05, 3.63) is 0 Å². The number of hydrogen-bond donors (Lipinski definition) is 2. The van der Waals surface area contributed by atoms with Crippen LogP contribution < -0.4 is 0 Å². The Bertz CT molecular complexity index is 586. The van der Waals surface area contributed by atoms with Crippen molar-refractivity contribution in [1.29, 1.82) is 0 Å². The van der Waals surface area contributed by atoms with Crippen LogP contribution in [0.25, 0.3) is 0 Å². The molecule has 0 radical (unpaired) electrons. The van der Waals surface area contributed by atoms with Gasteiger partial charge in [-0.25, -0.2) is 0 Å². The SMILES string of the molecule is CC1(S)CCCC(C2CC3CCC2C3)C1=O.O=S(=O)(O)C(F)(F)F. The molecule has 4 nitrogen and oxygen atoms in total. The van der Waals surface area contributed by atoms with Gasteiger partial charge < -0.3 is 0 Å². The number of thiol groups is 1. The van der Waals surface area contributed by atoms with Crippen molar-refractivity contribution >= 4 is 28.5 Å². The topological polar surface area (TPSA) is 71.4 Å². The van der Waals surface area contributed by atoms with Crippen LogP contribution >= 0.6 is 12.6 Å². The molecular formula is C15H23F3O4S2. The fourth-order valence-corrected chi connectivity index (χ4v) is 4.84. The molecule has 3 rings (SSSR count). The van der Waals surface area contributed by atoms with Crippen molar-refractivity contribution in [3.63, 3.8) is 0 Å². The van der Waals surface area contributed by atoms with E-state index >= 15 is 0 Å². The normalized spacial score (nSPS) is 39.5.